The fraction of sp³-hybridized carbons (Fsp3) is 0.0909. The topological polar surface area (TPSA) is 81.8 Å². The van der Waals surface area contributed by atoms with Gasteiger partial charge in [-0.3, -0.25) is 0 Å². The molecule has 0 saturated heterocycles. The van der Waals surface area contributed by atoms with Gasteiger partial charge in [-0.25, -0.2) is 9.78 Å². The number of hydrogen-bond donors (Lipinski definition) is 1. The maximum absolute atomic E-state index is 10.7. The molecule has 1 aliphatic rings. The third-order valence-electron chi connectivity index (χ3n) is 2.34. The van der Waals surface area contributed by atoms with Crippen LogP contribution in [0.25, 0.3) is 11.5 Å². The standard InChI is InChI=1S/C11H7NO5/c13-11(14)7-4-15-10(12-7)6-1-2-8-9(3-6)17-5-16-8/h1-4H,5H2,(H,13,14). The summed E-state index contributed by atoms with van der Waals surface area (Å²) in [5, 5.41) is 8.73. The monoisotopic (exact) mass is 233 g/mol. The fourth-order valence-electron chi connectivity index (χ4n) is 1.53. The van der Waals surface area contributed by atoms with Crippen LogP contribution in [0.15, 0.2) is 28.9 Å². The van der Waals surface area contributed by atoms with E-state index in [2.05, 4.69) is 4.98 Å². The number of carboxylic acids is 1. The highest BCUT2D eigenvalue weighted by Gasteiger charge is 2.17. The Morgan fingerprint density at radius 3 is 2.88 bits per heavy atom. The molecule has 0 radical (unpaired) electrons. The van der Waals surface area contributed by atoms with Crippen molar-refractivity contribution in [2.75, 3.05) is 6.79 Å². The van der Waals surface area contributed by atoms with Gasteiger partial charge in [-0.05, 0) is 18.2 Å². The van der Waals surface area contributed by atoms with Crippen LogP contribution in [0.1, 0.15) is 10.5 Å². The molecule has 0 atom stereocenters. The fourth-order valence-corrected chi connectivity index (χ4v) is 1.53. The van der Waals surface area contributed by atoms with Gasteiger partial charge in [0, 0.05) is 5.56 Å². The van der Waals surface area contributed by atoms with Gasteiger partial charge in [0.2, 0.25) is 12.7 Å². The van der Waals surface area contributed by atoms with Crippen LogP contribution in [-0.2, 0) is 0 Å². The average Bonchev–Trinajstić information content (AvgIpc) is 2.97. The van der Waals surface area contributed by atoms with Crippen LogP contribution < -0.4 is 9.47 Å². The van der Waals surface area contributed by atoms with Crippen molar-refractivity contribution in [1.82, 2.24) is 4.98 Å². The normalized spacial score (nSPS) is 12.7. The molecule has 1 aromatic carbocycles. The SMILES string of the molecule is O=C(O)c1coc(-c2ccc3c(c2)OCO3)n1. The van der Waals surface area contributed by atoms with Gasteiger partial charge >= 0.3 is 5.97 Å². The van der Waals surface area contributed by atoms with Gasteiger partial charge in [-0.1, -0.05) is 0 Å². The van der Waals surface area contributed by atoms with Crippen molar-refractivity contribution in [1.29, 1.82) is 0 Å². The maximum atomic E-state index is 10.7. The molecule has 0 amide bonds. The Bertz CT molecular complexity index is 589. The number of aromatic carboxylic acids is 1. The zero-order valence-corrected chi connectivity index (χ0v) is 8.54. The molecule has 0 spiro atoms. The lowest BCUT2D eigenvalue weighted by Crippen LogP contribution is -1.95. The second-order valence-corrected chi connectivity index (χ2v) is 3.41. The number of benzene rings is 1. The second kappa shape index (κ2) is 3.51. The van der Waals surface area contributed by atoms with Crippen molar-refractivity contribution in [3.63, 3.8) is 0 Å². The van der Waals surface area contributed by atoms with Gasteiger partial charge in [-0.15, -0.1) is 0 Å². The maximum Gasteiger partial charge on any atom is 0.357 e. The first-order chi connectivity index (χ1) is 8.24. The summed E-state index contributed by atoms with van der Waals surface area (Å²) in [6.07, 6.45) is 1.10. The molecule has 6 heteroatoms. The van der Waals surface area contributed by atoms with Crippen LogP contribution in [0.4, 0.5) is 0 Å². The zero-order valence-electron chi connectivity index (χ0n) is 8.54. The van der Waals surface area contributed by atoms with Crippen LogP contribution in [0.2, 0.25) is 0 Å². The predicted octanol–water partition coefficient (Wildman–Crippen LogP) is 1.77. The lowest BCUT2D eigenvalue weighted by atomic mass is 10.2. The summed E-state index contributed by atoms with van der Waals surface area (Å²) in [5.74, 6) is 0.359. The minimum atomic E-state index is -1.12. The molecule has 2 aromatic rings. The lowest BCUT2D eigenvalue weighted by molar-refractivity contribution is 0.0690. The van der Waals surface area contributed by atoms with Gasteiger partial charge in [0.05, 0.1) is 0 Å². The van der Waals surface area contributed by atoms with Crippen molar-refractivity contribution in [2.24, 2.45) is 0 Å². The van der Waals surface area contributed by atoms with Crippen molar-refractivity contribution >= 4 is 5.97 Å². The van der Waals surface area contributed by atoms with E-state index in [0.29, 0.717) is 17.1 Å². The molecule has 86 valence electrons. The van der Waals surface area contributed by atoms with Gasteiger partial charge in [0.15, 0.2) is 17.2 Å². The molecule has 1 aromatic heterocycles. The Morgan fingerprint density at radius 1 is 1.29 bits per heavy atom. The molecule has 3 rings (SSSR count). The largest absolute Gasteiger partial charge is 0.476 e. The Hall–Kier alpha value is -2.50. The first kappa shape index (κ1) is 9.71. The van der Waals surface area contributed by atoms with Crippen LogP contribution >= 0.6 is 0 Å². The molecule has 0 unspecified atom stereocenters. The third kappa shape index (κ3) is 1.59. The summed E-state index contributed by atoms with van der Waals surface area (Å²) in [5.41, 5.74) is 0.513. The molecule has 0 saturated carbocycles. The van der Waals surface area contributed by atoms with Gasteiger partial charge < -0.3 is 19.0 Å². The number of nitrogens with zero attached hydrogens (tertiary/aromatic N) is 1. The summed E-state index contributed by atoms with van der Waals surface area (Å²) in [4.78, 5) is 14.5. The van der Waals surface area contributed by atoms with Crippen LogP contribution in [-0.4, -0.2) is 22.9 Å². The number of carboxylic acid groups (broad SMARTS) is 1. The minimum Gasteiger partial charge on any atom is -0.476 e. The quantitative estimate of drug-likeness (QED) is 0.851. The van der Waals surface area contributed by atoms with Crippen molar-refractivity contribution in [3.05, 3.63) is 30.2 Å². The van der Waals surface area contributed by atoms with Crippen LogP contribution in [0.3, 0.4) is 0 Å². The van der Waals surface area contributed by atoms with Crippen molar-refractivity contribution in [2.45, 2.75) is 0 Å². The number of carbonyl (C=O) groups is 1. The zero-order chi connectivity index (χ0) is 11.8. The smallest absolute Gasteiger partial charge is 0.357 e. The molecular formula is C11H7NO5. The average molecular weight is 233 g/mol. The number of aromatic nitrogens is 1. The molecule has 0 fully saturated rings. The molecule has 1 N–H and O–H groups in total. The highest BCUT2D eigenvalue weighted by atomic mass is 16.7. The summed E-state index contributed by atoms with van der Waals surface area (Å²) in [7, 11) is 0. The Balaban J connectivity index is 2.00. The summed E-state index contributed by atoms with van der Waals surface area (Å²) in [6, 6.07) is 5.15. The summed E-state index contributed by atoms with van der Waals surface area (Å²) >= 11 is 0. The van der Waals surface area contributed by atoms with Crippen molar-refractivity contribution < 1.29 is 23.8 Å². The van der Waals surface area contributed by atoms with E-state index < -0.39 is 5.97 Å². The van der Waals surface area contributed by atoms with E-state index in [1.165, 1.54) is 0 Å². The number of oxazole rings is 1. The molecule has 1 aliphatic heterocycles. The Kier molecular flexibility index (Phi) is 2.01. The van der Waals surface area contributed by atoms with E-state index >= 15 is 0 Å². The van der Waals surface area contributed by atoms with Gasteiger partial charge in [0.1, 0.15) is 6.26 Å². The summed E-state index contributed by atoms with van der Waals surface area (Å²) in [6.45, 7) is 0.185. The first-order valence-electron chi connectivity index (χ1n) is 4.83. The third-order valence-corrected chi connectivity index (χ3v) is 2.34. The van der Waals surface area contributed by atoms with E-state index in [9.17, 15) is 4.79 Å². The number of ether oxygens (including phenoxy) is 2. The molecular weight excluding hydrogens is 226 g/mol. The predicted molar refractivity (Wildman–Crippen MR) is 55.0 cm³/mol. The highest BCUT2D eigenvalue weighted by molar-refractivity contribution is 5.85. The molecule has 17 heavy (non-hydrogen) atoms. The van der Waals surface area contributed by atoms with Crippen LogP contribution in [0, 0.1) is 0 Å². The Morgan fingerprint density at radius 2 is 2.12 bits per heavy atom. The molecule has 0 aliphatic carbocycles. The lowest BCUT2D eigenvalue weighted by Gasteiger charge is -1.97. The minimum absolute atomic E-state index is 0.127. The van der Waals surface area contributed by atoms with Gasteiger partial charge in [-0.2, -0.15) is 0 Å². The number of fused-ring (bicyclic) bond motifs is 1. The number of rotatable bonds is 2. The molecule has 6 nitrogen and oxygen atoms in total. The van der Waals surface area contributed by atoms with E-state index in [0.717, 1.165) is 6.26 Å². The van der Waals surface area contributed by atoms with Gasteiger partial charge in [0.25, 0.3) is 0 Å². The molecule has 0 bridgehead atoms. The van der Waals surface area contributed by atoms with E-state index in [1.807, 2.05) is 0 Å². The van der Waals surface area contributed by atoms with E-state index in [1.54, 1.807) is 18.2 Å². The van der Waals surface area contributed by atoms with E-state index in [-0.39, 0.29) is 18.4 Å². The first-order valence-corrected chi connectivity index (χ1v) is 4.83. The Labute approximate surface area is 95.4 Å². The highest BCUT2D eigenvalue weighted by Crippen LogP contribution is 2.35. The number of hydrogen-bond acceptors (Lipinski definition) is 5. The van der Waals surface area contributed by atoms with Crippen molar-refractivity contribution in [3.8, 4) is 23.0 Å². The summed E-state index contributed by atoms with van der Waals surface area (Å²) < 4.78 is 15.5. The molecule has 2 heterocycles. The second-order valence-electron chi connectivity index (χ2n) is 3.41. The van der Waals surface area contributed by atoms with E-state index in [4.69, 9.17) is 19.0 Å². The van der Waals surface area contributed by atoms with Crippen LogP contribution in [0.5, 0.6) is 11.5 Å².